The van der Waals surface area contributed by atoms with E-state index in [1.807, 2.05) is 0 Å². The maximum Gasteiger partial charge on any atom is 0.0521 e. The molecule has 3 atom stereocenters. The number of rotatable bonds is 4. The van der Waals surface area contributed by atoms with Crippen LogP contribution in [0.15, 0.2) is 0 Å². The standard InChI is InChI=1S/C15H30N2O/c1-3-13-5-4-8-17(9-6-13)11-14-12-18-10-7-15(14)16-2/h13-16H,3-12H2,1-2H3. The van der Waals surface area contributed by atoms with Crippen LogP contribution in [-0.4, -0.2) is 50.8 Å². The number of hydrogen-bond donors (Lipinski definition) is 1. The van der Waals surface area contributed by atoms with Gasteiger partial charge >= 0.3 is 0 Å². The first-order chi connectivity index (χ1) is 8.83. The molecule has 106 valence electrons. The fourth-order valence-corrected chi connectivity index (χ4v) is 3.50. The number of ether oxygens (including phenoxy) is 1. The van der Waals surface area contributed by atoms with Crippen LogP contribution in [0.5, 0.6) is 0 Å². The van der Waals surface area contributed by atoms with E-state index >= 15 is 0 Å². The average Bonchev–Trinajstić information content (AvgIpc) is 2.64. The number of nitrogens with one attached hydrogen (secondary N) is 1. The van der Waals surface area contributed by atoms with E-state index in [-0.39, 0.29) is 0 Å². The van der Waals surface area contributed by atoms with E-state index in [2.05, 4.69) is 24.2 Å². The Morgan fingerprint density at radius 2 is 2.11 bits per heavy atom. The van der Waals surface area contributed by atoms with Crippen molar-refractivity contribution in [3.8, 4) is 0 Å². The molecule has 3 heteroatoms. The lowest BCUT2D eigenvalue weighted by Gasteiger charge is -2.35. The minimum Gasteiger partial charge on any atom is -0.381 e. The molecule has 2 heterocycles. The van der Waals surface area contributed by atoms with Crippen molar-refractivity contribution in [1.82, 2.24) is 10.2 Å². The molecule has 0 amide bonds. The second-order valence-corrected chi connectivity index (χ2v) is 6.02. The number of nitrogens with zero attached hydrogens (tertiary/aromatic N) is 1. The molecule has 2 fully saturated rings. The van der Waals surface area contributed by atoms with Gasteiger partial charge in [0.1, 0.15) is 0 Å². The second kappa shape index (κ2) is 7.46. The third-order valence-corrected chi connectivity index (χ3v) is 4.86. The van der Waals surface area contributed by atoms with Crippen LogP contribution in [-0.2, 0) is 4.74 Å². The maximum atomic E-state index is 5.66. The lowest BCUT2D eigenvalue weighted by atomic mass is 9.95. The SMILES string of the molecule is CCC1CCCN(CC2COCCC2NC)CC1. The molecule has 0 spiro atoms. The highest BCUT2D eigenvalue weighted by Gasteiger charge is 2.27. The molecular formula is C15H30N2O. The first-order valence-corrected chi connectivity index (χ1v) is 7.80. The second-order valence-electron chi connectivity index (χ2n) is 6.02. The Labute approximate surface area is 112 Å². The summed E-state index contributed by atoms with van der Waals surface area (Å²) in [5.74, 6) is 1.65. The quantitative estimate of drug-likeness (QED) is 0.832. The van der Waals surface area contributed by atoms with Gasteiger partial charge in [-0.15, -0.1) is 0 Å². The Hall–Kier alpha value is -0.120. The largest absolute Gasteiger partial charge is 0.381 e. The zero-order valence-corrected chi connectivity index (χ0v) is 12.2. The predicted molar refractivity (Wildman–Crippen MR) is 75.8 cm³/mol. The average molecular weight is 254 g/mol. The van der Waals surface area contributed by atoms with Crippen molar-refractivity contribution < 1.29 is 4.74 Å². The van der Waals surface area contributed by atoms with E-state index in [9.17, 15) is 0 Å². The summed E-state index contributed by atoms with van der Waals surface area (Å²) in [5, 5.41) is 3.47. The van der Waals surface area contributed by atoms with E-state index in [4.69, 9.17) is 4.74 Å². The molecule has 1 N–H and O–H groups in total. The molecule has 0 radical (unpaired) electrons. The Morgan fingerprint density at radius 1 is 1.22 bits per heavy atom. The molecule has 2 aliphatic rings. The molecule has 0 aromatic carbocycles. The molecule has 0 aromatic heterocycles. The third-order valence-electron chi connectivity index (χ3n) is 4.86. The van der Waals surface area contributed by atoms with Gasteiger partial charge in [-0.25, -0.2) is 0 Å². The summed E-state index contributed by atoms with van der Waals surface area (Å²) in [4.78, 5) is 2.68. The van der Waals surface area contributed by atoms with Crippen molar-refractivity contribution >= 4 is 0 Å². The third kappa shape index (κ3) is 3.94. The van der Waals surface area contributed by atoms with Crippen LogP contribution >= 0.6 is 0 Å². The topological polar surface area (TPSA) is 24.5 Å². The van der Waals surface area contributed by atoms with Crippen LogP contribution in [0.4, 0.5) is 0 Å². The molecule has 2 rings (SSSR count). The Morgan fingerprint density at radius 3 is 2.89 bits per heavy atom. The summed E-state index contributed by atoms with van der Waals surface area (Å²) in [5.41, 5.74) is 0. The Kier molecular flexibility index (Phi) is 5.93. The number of hydrogen-bond acceptors (Lipinski definition) is 3. The van der Waals surface area contributed by atoms with Gasteiger partial charge in [0.2, 0.25) is 0 Å². The first-order valence-electron chi connectivity index (χ1n) is 7.80. The van der Waals surface area contributed by atoms with Gasteiger partial charge in [-0.1, -0.05) is 13.3 Å². The van der Waals surface area contributed by atoms with Crippen LogP contribution in [0.25, 0.3) is 0 Å². The molecule has 3 unspecified atom stereocenters. The van der Waals surface area contributed by atoms with Crippen molar-refractivity contribution in [2.24, 2.45) is 11.8 Å². The normalized spacial score (nSPS) is 35.3. The smallest absolute Gasteiger partial charge is 0.0521 e. The predicted octanol–water partition coefficient (Wildman–Crippen LogP) is 2.12. The van der Waals surface area contributed by atoms with Gasteiger partial charge in [0.25, 0.3) is 0 Å². The van der Waals surface area contributed by atoms with Gasteiger partial charge in [-0.05, 0) is 51.7 Å². The minimum absolute atomic E-state index is 0.656. The highest BCUT2D eigenvalue weighted by atomic mass is 16.5. The summed E-state index contributed by atoms with van der Waals surface area (Å²) in [6.07, 6.45) is 6.75. The summed E-state index contributed by atoms with van der Waals surface area (Å²) in [7, 11) is 2.10. The Bertz CT molecular complexity index is 235. The zero-order valence-electron chi connectivity index (χ0n) is 12.2. The summed E-state index contributed by atoms with van der Waals surface area (Å²) in [6, 6.07) is 0.656. The summed E-state index contributed by atoms with van der Waals surface area (Å²) >= 11 is 0. The minimum atomic E-state index is 0.656. The molecule has 0 aliphatic carbocycles. The molecule has 0 aromatic rings. The summed E-state index contributed by atoms with van der Waals surface area (Å²) < 4.78 is 5.66. The van der Waals surface area contributed by atoms with Gasteiger partial charge in [-0.2, -0.15) is 0 Å². The molecule has 0 bridgehead atoms. The van der Waals surface area contributed by atoms with Gasteiger partial charge in [0, 0.05) is 25.1 Å². The highest BCUT2D eigenvalue weighted by molar-refractivity contribution is 4.82. The highest BCUT2D eigenvalue weighted by Crippen LogP contribution is 2.22. The monoisotopic (exact) mass is 254 g/mol. The molecule has 18 heavy (non-hydrogen) atoms. The van der Waals surface area contributed by atoms with Crippen LogP contribution in [0, 0.1) is 11.8 Å². The maximum absolute atomic E-state index is 5.66. The van der Waals surface area contributed by atoms with Crippen molar-refractivity contribution in [2.75, 3.05) is 39.9 Å². The molecular weight excluding hydrogens is 224 g/mol. The lowest BCUT2D eigenvalue weighted by molar-refractivity contribution is 0.0187. The van der Waals surface area contributed by atoms with Crippen molar-refractivity contribution in [1.29, 1.82) is 0 Å². The fraction of sp³-hybridized carbons (Fsp3) is 1.00. The van der Waals surface area contributed by atoms with Gasteiger partial charge < -0.3 is 15.0 Å². The molecule has 2 aliphatic heterocycles. The number of likely N-dealkylation sites (tertiary alicyclic amines) is 1. The fourth-order valence-electron chi connectivity index (χ4n) is 3.50. The van der Waals surface area contributed by atoms with Crippen LogP contribution < -0.4 is 5.32 Å². The van der Waals surface area contributed by atoms with Crippen molar-refractivity contribution in [3.63, 3.8) is 0 Å². The molecule has 3 nitrogen and oxygen atoms in total. The van der Waals surface area contributed by atoms with Crippen LogP contribution in [0.1, 0.15) is 39.0 Å². The van der Waals surface area contributed by atoms with E-state index in [0.29, 0.717) is 12.0 Å². The van der Waals surface area contributed by atoms with E-state index in [1.54, 1.807) is 0 Å². The van der Waals surface area contributed by atoms with Crippen LogP contribution in [0.2, 0.25) is 0 Å². The van der Waals surface area contributed by atoms with Gasteiger partial charge in [0.05, 0.1) is 6.61 Å². The Balaban J connectivity index is 1.80. The summed E-state index contributed by atoms with van der Waals surface area (Å²) in [6.45, 7) is 8.03. The van der Waals surface area contributed by atoms with Crippen LogP contribution in [0.3, 0.4) is 0 Å². The zero-order chi connectivity index (χ0) is 12.8. The van der Waals surface area contributed by atoms with Crippen molar-refractivity contribution in [3.05, 3.63) is 0 Å². The van der Waals surface area contributed by atoms with E-state index in [0.717, 1.165) is 19.1 Å². The van der Waals surface area contributed by atoms with Crippen molar-refractivity contribution in [2.45, 2.75) is 45.1 Å². The molecule has 0 saturated carbocycles. The lowest BCUT2D eigenvalue weighted by Crippen LogP contribution is -2.46. The van der Waals surface area contributed by atoms with Gasteiger partial charge in [0.15, 0.2) is 0 Å². The van der Waals surface area contributed by atoms with E-state index in [1.165, 1.54) is 51.7 Å². The first kappa shape index (κ1) is 14.3. The van der Waals surface area contributed by atoms with Gasteiger partial charge in [-0.3, -0.25) is 0 Å². The molecule has 2 saturated heterocycles. The van der Waals surface area contributed by atoms with E-state index < -0.39 is 0 Å².